The van der Waals surface area contributed by atoms with E-state index in [1.54, 1.807) is 42.5 Å². The molecule has 0 aliphatic carbocycles. The Morgan fingerprint density at radius 2 is 1.40 bits per heavy atom. The molecule has 0 amide bonds. The van der Waals surface area contributed by atoms with Crippen LogP contribution in [0.2, 0.25) is 0 Å². The smallest absolute Gasteiger partial charge is 0.183 e. The highest BCUT2D eigenvalue weighted by Crippen LogP contribution is 2.33. The molecule has 4 rings (SSSR count). The van der Waals surface area contributed by atoms with Crippen LogP contribution in [0.15, 0.2) is 54.6 Å². The van der Waals surface area contributed by atoms with Crippen molar-refractivity contribution in [2.45, 2.75) is 58.7 Å². The Morgan fingerprint density at radius 3 is 2.03 bits per heavy atom. The SMILES string of the molecule is CCCCCc1ccc(-c2ccc(-c3ccc(C4OCC(CCC)CO4)cc3F)cc2)c(F)c1F. The third kappa shape index (κ3) is 5.96. The molecule has 3 aromatic rings. The summed E-state index contributed by atoms with van der Waals surface area (Å²) in [7, 11) is 0. The van der Waals surface area contributed by atoms with Gasteiger partial charge < -0.3 is 9.47 Å². The molecule has 1 saturated heterocycles. The number of benzene rings is 3. The summed E-state index contributed by atoms with van der Waals surface area (Å²) in [6.07, 6.45) is 4.95. The molecule has 1 fully saturated rings. The van der Waals surface area contributed by atoms with Crippen LogP contribution >= 0.6 is 0 Å². The van der Waals surface area contributed by atoms with Crippen LogP contribution in [0.1, 0.15) is 63.4 Å². The van der Waals surface area contributed by atoms with Crippen molar-refractivity contribution in [1.29, 1.82) is 0 Å². The first kappa shape index (κ1) is 25.5. The van der Waals surface area contributed by atoms with E-state index >= 15 is 0 Å². The van der Waals surface area contributed by atoms with Gasteiger partial charge in [-0.25, -0.2) is 13.2 Å². The maximum atomic E-state index is 15.0. The van der Waals surface area contributed by atoms with Crippen molar-refractivity contribution in [2.75, 3.05) is 13.2 Å². The molecule has 35 heavy (non-hydrogen) atoms. The van der Waals surface area contributed by atoms with Gasteiger partial charge in [0.15, 0.2) is 17.9 Å². The summed E-state index contributed by atoms with van der Waals surface area (Å²) in [6.45, 7) is 5.43. The molecule has 5 heteroatoms. The molecule has 0 unspecified atom stereocenters. The minimum Gasteiger partial charge on any atom is -0.348 e. The first-order chi connectivity index (χ1) is 17.0. The van der Waals surface area contributed by atoms with E-state index in [9.17, 15) is 13.2 Å². The van der Waals surface area contributed by atoms with Crippen LogP contribution in [0.3, 0.4) is 0 Å². The van der Waals surface area contributed by atoms with Gasteiger partial charge in [-0.15, -0.1) is 0 Å². The normalized spacial score (nSPS) is 18.1. The number of rotatable bonds is 9. The molecular formula is C30H33F3O2. The van der Waals surface area contributed by atoms with E-state index < -0.39 is 17.9 Å². The molecule has 1 heterocycles. The van der Waals surface area contributed by atoms with Gasteiger partial charge in [0.25, 0.3) is 0 Å². The predicted octanol–water partition coefficient (Wildman–Crippen LogP) is 8.63. The average Bonchev–Trinajstić information content (AvgIpc) is 2.88. The Morgan fingerprint density at radius 1 is 0.743 bits per heavy atom. The summed E-state index contributed by atoms with van der Waals surface area (Å²) in [5, 5.41) is 0. The van der Waals surface area contributed by atoms with Gasteiger partial charge in [-0.1, -0.05) is 81.6 Å². The van der Waals surface area contributed by atoms with E-state index in [1.807, 2.05) is 6.07 Å². The van der Waals surface area contributed by atoms with Gasteiger partial charge in [0.05, 0.1) is 13.2 Å². The zero-order valence-corrected chi connectivity index (χ0v) is 20.5. The molecule has 0 spiro atoms. The van der Waals surface area contributed by atoms with Gasteiger partial charge in [0, 0.05) is 22.6 Å². The molecule has 0 bridgehead atoms. The van der Waals surface area contributed by atoms with Crippen molar-refractivity contribution in [3.63, 3.8) is 0 Å². The van der Waals surface area contributed by atoms with Crippen molar-refractivity contribution in [3.8, 4) is 22.3 Å². The lowest BCUT2D eigenvalue weighted by molar-refractivity contribution is -0.206. The summed E-state index contributed by atoms with van der Waals surface area (Å²) in [5.74, 6) is -1.62. The van der Waals surface area contributed by atoms with Gasteiger partial charge in [-0.3, -0.25) is 0 Å². The number of hydrogen-bond donors (Lipinski definition) is 0. The molecule has 0 N–H and O–H groups in total. The van der Waals surface area contributed by atoms with E-state index in [2.05, 4.69) is 13.8 Å². The van der Waals surface area contributed by atoms with E-state index in [0.29, 0.717) is 53.4 Å². The van der Waals surface area contributed by atoms with Crippen LogP contribution < -0.4 is 0 Å². The van der Waals surface area contributed by atoms with E-state index in [-0.39, 0.29) is 11.4 Å². The van der Waals surface area contributed by atoms with E-state index in [4.69, 9.17) is 9.47 Å². The second-order valence-corrected chi connectivity index (χ2v) is 9.33. The van der Waals surface area contributed by atoms with Crippen LogP contribution in [0.5, 0.6) is 0 Å². The molecule has 0 saturated carbocycles. The minimum atomic E-state index is -0.837. The summed E-state index contributed by atoms with van der Waals surface area (Å²) in [6, 6.07) is 15.1. The molecule has 0 radical (unpaired) electrons. The molecule has 0 atom stereocenters. The standard InChI is InChI=1S/C30H33F3O2/c1-3-5-6-8-23-13-16-26(29(33)28(23)32)22-11-9-21(10-12-22)25-15-14-24(17-27(25)31)30-34-18-20(7-4-2)19-35-30/h9-17,20,30H,3-8,18-19H2,1-2H3. The number of hydrogen-bond acceptors (Lipinski definition) is 2. The van der Waals surface area contributed by atoms with Crippen molar-refractivity contribution in [3.05, 3.63) is 83.2 Å². The third-order valence-corrected chi connectivity index (χ3v) is 6.65. The molecule has 1 aliphatic rings. The van der Waals surface area contributed by atoms with Crippen molar-refractivity contribution < 1.29 is 22.6 Å². The monoisotopic (exact) mass is 482 g/mol. The fourth-order valence-corrected chi connectivity index (χ4v) is 4.62. The number of halogens is 3. The molecule has 0 aromatic heterocycles. The van der Waals surface area contributed by atoms with Crippen LogP contribution in [-0.4, -0.2) is 13.2 Å². The van der Waals surface area contributed by atoms with Crippen LogP contribution in [-0.2, 0) is 15.9 Å². The lowest BCUT2D eigenvalue weighted by atomic mass is 9.97. The Bertz CT molecular complexity index is 1120. The van der Waals surface area contributed by atoms with Crippen LogP contribution in [0, 0.1) is 23.4 Å². The second-order valence-electron chi connectivity index (χ2n) is 9.33. The van der Waals surface area contributed by atoms with Crippen molar-refractivity contribution in [2.24, 2.45) is 5.92 Å². The highest BCUT2D eigenvalue weighted by molar-refractivity contribution is 5.71. The summed E-state index contributed by atoms with van der Waals surface area (Å²) in [5.41, 5.74) is 2.89. The van der Waals surface area contributed by atoms with E-state index in [1.165, 1.54) is 6.07 Å². The predicted molar refractivity (Wildman–Crippen MR) is 133 cm³/mol. The summed E-state index contributed by atoms with van der Waals surface area (Å²) >= 11 is 0. The minimum absolute atomic E-state index is 0.206. The summed E-state index contributed by atoms with van der Waals surface area (Å²) < 4.78 is 55.9. The first-order valence-corrected chi connectivity index (χ1v) is 12.6. The number of unbranched alkanes of at least 4 members (excludes halogenated alkanes) is 2. The number of aryl methyl sites for hydroxylation is 1. The lowest BCUT2D eigenvalue weighted by Gasteiger charge is -2.29. The average molecular weight is 483 g/mol. The maximum Gasteiger partial charge on any atom is 0.183 e. The summed E-state index contributed by atoms with van der Waals surface area (Å²) in [4.78, 5) is 0. The zero-order chi connectivity index (χ0) is 24.8. The third-order valence-electron chi connectivity index (χ3n) is 6.65. The fourth-order valence-electron chi connectivity index (χ4n) is 4.62. The zero-order valence-electron chi connectivity index (χ0n) is 20.5. The Kier molecular flexibility index (Phi) is 8.64. The lowest BCUT2D eigenvalue weighted by Crippen LogP contribution is -2.27. The molecule has 186 valence electrons. The molecule has 3 aromatic carbocycles. The second kappa shape index (κ2) is 11.9. The maximum absolute atomic E-state index is 15.0. The largest absolute Gasteiger partial charge is 0.348 e. The number of ether oxygens (including phenoxy) is 2. The van der Waals surface area contributed by atoms with E-state index in [0.717, 1.165) is 32.1 Å². The van der Waals surface area contributed by atoms with Crippen molar-refractivity contribution >= 4 is 0 Å². The molecular weight excluding hydrogens is 449 g/mol. The van der Waals surface area contributed by atoms with Gasteiger partial charge >= 0.3 is 0 Å². The Balaban J connectivity index is 1.48. The first-order valence-electron chi connectivity index (χ1n) is 12.6. The molecule has 2 nitrogen and oxygen atoms in total. The highest BCUT2D eigenvalue weighted by Gasteiger charge is 2.24. The van der Waals surface area contributed by atoms with Gasteiger partial charge in [-0.2, -0.15) is 0 Å². The van der Waals surface area contributed by atoms with Gasteiger partial charge in [-0.05, 0) is 42.0 Å². The molecule has 1 aliphatic heterocycles. The van der Waals surface area contributed by atoms with Gasteiger partial charge in [0.1, 0.15) is 5.82 Å². The van der Waals surface area contributed by atoms with Crippen LogP contribution in [0.4, 0.5) is 13.2 Å². The quantitative estimate of drug-likeness (QED) is 0.284. The Hall–Kier alpha value is -2.63. The highest BCUT2D eigenvalue weighted by atomic mass is 19.2. The fraction of sp³-hybridized carbons (Fsp3) is 0.400. The van der Waals surface area contributed by atoms with Crippen LogP contribution in [0.25, 0.3) is 22.3 Å². The Labute approximate surface area is 206 Å². The van der Waals surface area contributed by atoms with Gasteiger partial charge in [0.2, 0.25) is 0 Å². The topological polar surface area (TPSA) is 18.5 Å². The van der Waals surface area contributed by atoms with Crippen molar-refractivity contribution in [1.82, 2.24) is 0 Å².